The van der Waals surface area contributed by atoms with Crippen LogP contribution in [0.1, 0.15) is 74.9 Å². The average Bonchev–Trinajstić information content (AvgIpc) is 3.13. The lowest BCUT2D eigenvalue weighted by Gasteiger charge is -2.16. The van der Waals surface area contributed by atoms with Gasteiger partial charge in [0.25, 0.3) is 0 Å². The highest BCUT2D eigenvalue weighted by atomic mass is 32.1. The van der Waals surface area contributed by atoms with Crippen LogP contribution in [0.25, 0.3) is 21.1 Å². The van der Waals surface area contributed by atoms with E-state index in [9.17, 15) is 4.79 Å². The number of aromatic nitrogens is 2. The van der Waals surface area contributed by atoms with E-state index in [-0.39, 0.29) is 5.97 Å². The third-order valence-corrected chi connectivity index (χ3v) is 6.27. The third kappa shape index (κ3) is 5.51. The second-order valence-corrected chi connectivity index (χ2v) is 8.59. The fourth-order valence-corrected chi connectivity index (χ4v) is 4.50. The first kappa shape index (κ1) is 20.7. The molecule has 0 amide bonds. The maximum Gasteiger partial charge on any atom is 0.348 e. The van der Waals surface area contributed by atoms with Gasteiger partial charge >= 0.3 is 5.97 Å². The molecular weight excluding hydrogens is 368 g/mol. The Morgan fingerprint density at radius 2 is 1.68 bits per heavy atom. The third-order valence-electron chi connectivity index (χ3n) is 5.19. The van der Waals surface area contributed by atoms with Crippen molar-refractivity contribution in [2.45, 2.75) is 65.2 Å². The van der Waals surface area contributed by atoms with Crippen LogP contribution in [0, 0.1) is 5.92 Å². The predicted molar refractivity (Wildman–Crippen MR) is 117 cm³/mol. The molecule has 3 aromatic rings. The first-order valence-corrected chi connectivity index (χ1v) is 11.3. The van der Waals surface area contributed by atoms with Crippen LogP contribution in [0.2, 0.25) is 0 Å². The van der Waals surface area contributed by atoms with Crippen molar-refractivity contribution in [3.05, 3.63) is 35.5 Å². The molecule has 0 aliphatic rings. The van der Waals surface area contributed by atoms with Crippen LogP contribution in [-0.4, -0.2) is 22.5 Å². The lowest BCUT2D eigenvalue weighted by Crippen LogP contribution is -2.14. The van der Waals surface area contributed by atoms with Gasteiger partial charge in [0.1, 0.15) is 4.88 Å². The van der Waals surface area contributed by atoms with E-state index in [4.69, 9.17) is 4.74 Å². The monoisotopic (exact) mass is 398 g/mol. The Bertz CT molecular complexity index is 853. The molecule has 0 radical (unpaired) electrons. The number of hydrogen-bond acceptors (Lipinski definition) is 5. The quantitative estimate of drug-likeness (QED) is 0.264. The van der Waals surface area contributed by atoms with Crippen molar-refractivity contribution in [2.24, 2.45) is 5.92 Å². The van der Waals surface area contributed by atoms with Crippen LogP contribution < -0.4 is 0 Å². The smallest absolute Gasteiger partial charge is 0.348 e. The molecule has 1 unspecified atom stereocenters. The van der Waals surface area contributed by atoms with E-state index in [1.54, 1.807) is 12.4 Å². The van der Waals surface area contributed by atoms with E-state index >= 15 is 0 Å². The van der Waals surface area contributed by atoms with Gasteiger partial charge in [-0.2, -0.15) is 0 Å². The molecule has 0 saturated carbocycles. The van der Waals surface area contributed by atoms with Crippen LogP contribution in [0.15, 0.2) is 30.6 Å². The summed E-state index contributed by atoms with van der Waals surface area (Å²) < 4.78 is 6.76. The summed E-state index contributed by atoms with van der Waals surface area (Å²) in [5.41, 5.74) is 1.70. The van der Waals surface area contributed by atoms with Gasteiger partial charge in [-0.3, -0.25) is 9.97 Å². The zero-order valence-electron chi connectivity index (χ0n) is 16.9. The molecule has 5 heteroatoms. The van der Waals surface area contributed by atoms with Gasteiger partial charge in [-0.15, -0.1) is 11.3 Å². The fourth-order valence-electron chi connectivity index (χ4n) is 3.53. The minimum atomic E-state index is -0.207. The van der Waals surface area contributed by atoms with Gasteiger partial charge in [0.2, 0.25) is 0 Å². The minimum Gasteiger partial charge on any atom is -0.461 e. The van der Waals surface area contributed by atoms with Crippen molar-refractivity contribution in [1.29, 1.82) is 0 Å². The van der Waals surface area contributed by atoms with E-state index in [1.165, 1.54) is 49.9 Å². The largest absolute Gasteiger partial charge is 0.461 e. The van der Waals surface area contributed by atoms with Gasteiger partial charge in [-0.1, -0.05) is 52.4 Å². The van der Waals surface area contributed by atoms with Gasteiger partial charge in [-0.25, -0.2) is 4.79 Å². The average molecular weight is 399 g/mol. The molecule has 2 aromatic heterocycles. The summed E-state index contributed by atoms with van der Waals surface area (Å²) in [5.74, 6) is 0.271. The van der Waals surface area contributed by atoms with Gasteiger partial charge in [0.15, 0.2) is 0 Å². The highest BCUT2D eigenvalue weighted by molar-refractivity contribution is 7.20. The number of hydrogen-bond donors (Lipinski definition) is 0. The molecule has 0 saturated heterocycles. The molecule has 0 fully saturated rings. The summed E-state index contributed by atoms with van der Waals surface area (Å²) >= 11 is 1.47. The van der Waals surface area contributed by atoms with Crippen molar-refractivity contribution in [3.63, 3.8) is 0 Å². The molecule has 1 aromatic carbocycles. The maximum atomic E-state index is 12.6. The molecule has 4 nitrogen and oxygen atoms in total. The SMILES string of the molecule is CCCCCCC(CCCC)COC(=O)c1cc2cc3nccnc3cc2s1. The van der Waals surface area contributed by atoms with Gasteiger partial charge in [0.05, 0.1) is 17.6 Å². The minimum absolute atomic E-state index is 0.207. The molecule has 0 spiro atoms. The number of rotatable bonds is 11. The number of nitrogens with zero attached hydrogens (tertiary/aromatic N) is 2. The Kier molecular flexibility index (Phi) is 7.78. The molecule has 0 bridgehead atoms. The number of unbranched alkanes of at least 4 members (excludes halogenated alkanes) is 4. The molecule has 1 atom stereocenters. The Balaban J connectivity index is 1.62. The van der Waals surface area contributed by atoms with Crippen LogP contribution >= 0.6 is 11.3 Å². The molecule has 150 valence electrons. The molecule has 28 heavy (non-hydrogen) atoms. The summed E-state index contributed by atoms with van der Waals surface area (Å²) in [6.45, 7) is 4.98. The summed E-state index contributed by atoms with van der Waals surface area (Å²) in [6.07, 6.45) is 13.1. The van der Waals surface area contributed by atoms with Crippen LogP contribution in [0.5, 0.6) is 0 Å². The second-order valence-electron chi connectivity index (χ2n) is 7.50. The standard InChI is InChI=1S/C23H30N2O2S/c1-3-5-7-8-10-17(9-6-4-2)16-27-23(26)22-14-18-13-19-20(15-21(18)28-22)25-12-11-24-19/h11-15,17H,3-10,16H2,1-2H3. The van der Waals surface area contributed by atoms with E-state index < -0.39 is 0 Å². The normalized spacial score (nSPS) is 12.5. The number of carbonyl (C=O) groups is 1. The molecule has 0 N–H and O–H groups in total. The summed E-state index contributed by atoms with van der Waals surface area (Å²) in [5, 5.41) is 1.02. The van der Waals surface area contributed by atoms with Gasteiger partial charge in [0, 0.05) is 17.1 Å². The van der Waals surface area contributed by atoms with E-state index in [0.717, 1.165) is 34.0 Å². The number of esters is 1. The number of fused-ring (bicyclic) bond motifs is 2. The second kappa shape index (κ2) is 10.5. The van der Waals surface area contributed by atoms with Gasteiger partial charge < -0.3 is 4.74 Å². The lowest BCUT2D eigenvalue weighted by molar-refractivity contribution is 0.0428. The van der Waals surface area contributed by atoms with Gasteiger partial charge in [-0.05, 0) is 42.3 Å². The number of carbonyl (C=O) groups excluding carboxylic acids is 1. The highest BCUT2D eigenvalue weighted by Crippen LogP contribution is 2.29. The fraction of sp³-hybridized carbons (Fsp3) is 0.522. The Labute approximate surface area is 171 Å². The van der Waals surface area contributed by atoms with E-state index in [2.05, 4.69) is 23.8 Å². The molecular formula is C23H30N2O2S. The topological polar surface area (TPSA) is 52.1 Å². The first-order valence-electron chi connectivity index (χ1n) is 10.5. The summed E-state index contributed by atoms with van der Waals surface area (Å²) in [7, 11) is 0. The van der Waals surface area contributed by atoms with E-state index in [0.29, 0.717) is 17.4 Å². The zero-order chi connectivity index (χ0) is 19.8. The molecule has 2 heterocycles. The summed E-state index contributed by atoms with van der Waals surface area (Å²) in [4.78, 5) is 22.0. The Morgan fingerprint density at radius 1 is 0.964 bits per heavy atom. The zero-order valence-corrected chi connectivity index (χ0v) is 17.8. The van der Waals surface area contributed by atoms with Crippen molar-refractivity contribution in [3.8, 4) is 0 Å². The maximum absolute atomic E-state index is 12.6. The van der Waals surface area contributed by atoms with Crippen LogP contribution in [0.4, 0.5) is 0 Å². The lowest BCUT2D eigenvalue weighted by atomic mass is 9.96. The predicted octanol–water partition coefficient (Wildman–Crippen LogP) is 6.78. The van der Waals surface area contributed by atoms with Crippen LogP contribution in [0.3, 0.4) is 0 Å². The Morgan fingerprint density at radius 3 is 2.43 bits per heavy atom. The molecule has 0 aliphatic carbocycles. The molecule has 3 rings (SSSR count). The summed E-state index contributed by atoms with van der Waals surface area (Å²) in [6, 6.07) is 5.90. The Hall–Kier alpha value is -2.01. The first-order chi connectivity index (χ1) is 13.7. The van der Waals surface area contributed by atoms with Crippen molar-refractivity contribution >= 4 is 38.4 Å². The van der Waals surface area contributed by atoms with Crippen molar-refractivity contribution in [2.75, 3.05) is 6.61 Å². The van der Waals surface area contributed by atoms with E-state index in [1.807, 2.05) is 18.2 Å². The highest BCUT2D eigenvalue weighted by Gasteiger charge is 2.16. The number of ether oxygens (including phenoxy) is 1. The number of benzene rings is 1. The van der Waals surface area contributed by atoms with Crippen LogP contribution in [-0.2, 0) is 4.74 Å². The molecule has 0 aliphatic heterocycles. The van der Waals surface area contributed by atoms with Crippen molar-refractivity contribution < 1.29 is 9.53 Å². The number of thiophene rings is 1. The van der Waals surface area contributed by atoms with Crippen molar-refractivity contribution in [1.82, 2.24) is 9.97 Å².